The Bertz CT molecular complexity index is 907. The third-order valence-electron chi connectivity index (χ3n) is 3.10. The van der Waals surface area contributed by atoms with Crippen LogP contribution in [0.4, 0.5) is 0 Å². The standard InChI is InChI=1S/C14H14N4O3S2/c1-7-17-18-14(23-7)22-6-12-15-9-5-11(21-3)10(20-2)4-8(9)13(19)16-12/h4-5H,6H2,1-3H3,(H,15,16,19). The van der Waals surface area contributed by atoms with Gasteiger partial charge in [-0.05, 0) is 13.0 Å². The van der Waals surface area contributed by atoms with E-state index in [1.54, 1.807) is 19.2 Å². The summed E-state index contributed by atoms with van der Waals surface area (Å²) in [7, 11) is 3.08. The lowest BCUT2D eigenvalue weighted by atomic mass is 10.2. The van der Waals surface area contributed by atoms with E-state index in [2.05, 4.69) is 20.2 Å². The predicted molar refractivity (Wildman–Crippen MR) is 89.7 cm³/mol. The monoisotopic (exact) mass is 350 g/mol. The van der Waals surface area contributed by atoms with Crippen molar-refractivity contribution in [2.24, 2.45) is 0 Å². The molecule has 0 saturated carbocycles. The summed E-state index contributed by atoms with van der Waals surface area (Å²) < 4.78 is 11.3. The molecule has 0 bridgehead atoms. The maximum absolute atomic E-state index is 12.3. The number of hydrogen-bond donors (Lipinski definition) is 1. The first kappa shape index (κ1) is 15.8. The highest BCUT2D eigenvalue weighted by Crippen LogP contribution is 2.30. The Balaban J connectivity index is 1.94. The van der Waals surface area contributed by atoms with Crippen LogP contribution >= 0.6 is 23.1 Å². The number of thioether (sulfide) groups is 1. The van der Waals surface area contributed by atoms with Gasteiger partial charge >= 0.3 is 0 Å². The third kappa shape index (κ3) is 3.30. The van der Waals surface area contributed by atoms with Crippen LogP contribution in [0, 0.1) is 6.92 Å². The van der Waals surface area contributed by atoms with Crippen molar-refractivity contribution in [3.05, 3.63) is 33.3 Å². The summed E-state index contributed by atoms with van der Waals surface area (Å²) in [5.74, 6) is 2.12. The van der Waals surface area contributed by atoms with Crippen LogP contribution in [0.15, 0.2) is 21.3 Å². The van der Waals surface area contributed by atoms with Gasteiger partial charge in [-0.2, -0.15) is 0 Å². The first-order valence-electron chi connectivity index (χ1n) is 6.68. The first-order valence-corrected chi connectivity index (χ1v) is 8.48. The SMILES string of the molecule is COc1cc2nc(CSc3nnc(C)s3)[nH]c(=O)c2cc1OC. The second-order valence-electron chi connectivity index (χ2n) is 4.61. The number of methoxy groups -OCH3 is 2. The van der Waals surface area contributed by atoms with Gasteiger partial charge in [0.05, 0.1) is 30.9 Å². The second kappa shape index (κ2) is 6.55. The van der Waals surface area contributed by atoms with Crippen LogP contribution in [-0.4, -0.2) is 34.4 Å². The topological polar surface area (TPSA) is 90.0 Å². The molecule has 1 aromatic carbocycles. The minimum absolute atomic E-state index is 0.208. The number of aromatic amines is 1. The molecule has 0 atom stereocenters. The average molecular weight is 350 g/mol. The molecule has 0 aliphatic heterocycles. The molecule has 0 saturated heterocycles. The molecule has 2 aromatic heterocycles. The molecule has 9 heteroatoms. The Morgan fingerprint density at radius 3 is 2.61 bits per heavy atom. The molecule has 120 valence electrons. The van der Waals surface area contributed by atoms with E-state index in [0.29, 0.717) is 34.0 Å². The lowest BCUT2D eigenvalue weighted by Gasteiger charge is -2.09. The fourth-order valence-corrected chi connectivity index (χ4v) is 3.74. The highest BCUT2D eigenvalue weighted by atomic mass is 32.2. The van der Waals surface area contributed by atoms with Crippen molar-refractivity contribution in [3.8, 4) is 11.5 Å². The van der Waals surface area contributed by atoms with E-state index in [-0.39, 0.29) is 5.56 Å². The van der Waals surface area contributed by atoms with Crippen LogP contribution in [0.2, 0.25) is 0 Å². The van der Waals surface area contributed by atoms with Gasteiger partial charge in [0.1, 0.15) is 10.8 Å². The number of H-pyrrole nitrogens is 1. The van der Waals surface area contributed by atoms with Gasteiger partial charge in [0.25, 0.3) is 5.56 Å². The summed E-state index contributed by atoms with van der Waals surface area (Å²) in [6, 6.07) is 3.33. The number of fused-ring (bicyclic) bond motifs is 1. The zero-order valence-electron chi connectivity index (χ0n) is 12.7. The van der Waals surface area contributed by atoms with Crippen molar-refractivity contribution in [3.63, 3.8) is 0 Å². The van der Waals surface area contributed by atoms with Crippen molar-refractivity contribution in [2.45, 2.75) is 17.0 Å². The van der Waals surface area contributed by atoms with Crippen molar-refractivity contribution < 1.29 is 9.47 Å². The molecule has 3 aromatic rings. The van der Waals surface area contributed by atoms with E-state index in [1.807, 2.05) is 6.92 Å². The Hall–Kier alpha value is -2.13. The van der Waals surface area contributed by atoms with Crippen molar-refractivity contribution >= 4 is 34.0 Å². The third-order valence-corrected chi connectivity index (χ3v) is 5.08. The Morgan fingerprint density at radius 1 is 1.22 bits per heavy atom. The number of aryl methyl sites for hydroxylation is 1. The molecule has 0 unspecified atom stereocenters. The minimum atomic E-state index is -0.208. The average Bonchev–Trinajstić information content (AvgIpc) is 2.97. The smallest absolute Gasteiger partial charge is 0.258 e. The van der Waals surface area contributed by atoms with E-state index < -0.39 is 0 Å². The fourth-order valence-electron chi connectivity index (χ4n) is 2.05. The molecule has 0 aliphatic rings. The molecule has 3 rings (SSSR count). The van der Waals surface area contributed by atoms with Crippen molar-refractivity contribution in [1.82, 2.24) is 20.2 Å². The van der Waals surface area contributed by atoms with Crippen LogP contribution in [-0.2, 0) is 5.75 Å². The van der Waals surface area contributed by atoms with Gasteiger partial charge in [-0.15, -0.1) is 10.2 Å². The largest absolute Gasteiger partial charge is 0.493 e. The lowest BCUT2D eigenvalue weighted by molar-refractivity contribution is 0.355. The molecule has 0 aliphatic carbocycles. The van der Waals surface area contributed by atoms with Gasteiger partial charge < -0.3 is 14.5 Å². The van der Waals surface area contributed by atoms with E-state index in [9.17, 15) is 4.79 Å². The predicted octanol–water partition coefficient (Wildman–Crippen LogP) is 2.39. The zero-order chi connectivity index (χ0) is 16.4. The van der Waals surface area contributed by atoms with Crippen molar-refractivity contribution in [1.29, 1.82) is 0 Å². The van der Waals surface area contributed by atoms with E-state index in [1.165, 1.54) is 30.2 Å². The van der Waals surface area contributed by atoms with Crippen LogP contribution in [0.25, 0.3) is 10.9 Å². The van der Waals surface area contributed by atoms with Crippen LogP contribution in [0.1, 0.15) is 10.8 Å². The summed E-state index contributed by atoms with van der Waals surface area (Å²) in [6.07, 6.45) is 0. The van der Waals surface area contributed by atoms with E-state index in [0.717, 1.165) is 9.35 Å². The molecule has 2 heterocycles. The summed E-state index contributed by atoms with van der Waals surface area (Å²) in [6.45, 7) is 1.90. The number of aromatic nitrogens is 4. The van der Waals surface area contributed by atoms with E-state index in [4.69, 9.17) is 9.47 Å². The van der Waals surface area contributed by atoms with Crippen LogP contribution in [0.3, 0.4) is 0 Å². The Kier molecular flexibility index (Phi) is 4.49. The molecule has 23 heavy (non-hydrogen) atoms. The molecule has 0 amide bonds. The van der Waals surface area contributed by atoms with Gasteiger partial charge in [0, 0.05) is 6.07 Å². The van der Waals surface area contributed by atoms with Gasteiger partial charge in [-0.25, -0.2) is 4.98 Å². The van der Waals surface area contributed by atoms with Crippen molar-refractivity contribution in [2.75, 3.05) is 14.2 Å². The van der Waals surface area contributed by atoms with Gasteiger partial charge in [0.15, 0.2) is 15.8 Å². The molecular weight excluding hydrogens is 336 g/mol. The molecular formula is C14H14N4O3S2. The maximum Gasteiger partial charge on any atom is 0.258 e. The Morgan fingerprint density at radius 2 is 1.96 bits per heavy atom. The summed E-state index contributed by atoms with van der Waals surface area (Å²) in [4.78, 5) is 19.5. The number of benzene rings is 1. The highest BCUT2D eigenvalue weighted by molar-refractivity contribution is 8.00. The maximum atomic E-state index is 12.3. The van der Waals surface area contributed by atoms with Gasteiger partial charge in [-0.1, -0.05) is 23.1 Å². The Labute approximate surface area is 140 Å². The lowest BCUT2D eigenvalue weighted by Crippen LogP contribution is -2.11. The molecule has 7 nitrogen and oxygen atoms in total. The summed E-state index contributed by atoms with van der Waals surface area (Å²) >= 11 is 3.00. The summed E-state index contributed by atoms with van der Waals surface area (Å²) in [5, 5.41) is 9.37. The molecule has 0 radical (unpaired) electrons. The molecule has 0 fully saturated rings. The second-order valence-corrected chi connectivity index (χ2v) is 7.02. The number of nitrogens with one attached hydrogen (secondary N) is 1. The van der Waals surface area contributed by atoms with Gasteiger partial charge in [0.2, 0.25) is 0 Å². The van der Waals surface area contributed by atoms with Crippen LogP contribution < -0.4 is 15.0 Å². The quantitative estimate of drug-likeness (QED) is 0.707. The summed E-state index contributed by atoms with van der Waals surface area (Å²) in [5.41, 5.74) is 0.357. The zero-order valence-corrected chi connectivity index (χ0v) is 14.4. The number of rotatable bonds is 5. The number of nitrogens with zero attached hydrogens (tertiary/aromatic N) is 3. The normalized spacial score (nSPS) is 10.9. The fraction of sp³-hybridized carbons (Fsp3) is 0.286. The first-order chi connectivity index (χ1) is 11.1. The van der Waals surface area contributed by atoms with Gasteiger partial charge in [-0.3, -0.25) is 4.79 Å². The molecule has 1 N–H and O–H groups in total. The van der Waals surface area contributed by atoms with E-state index >= 15 is 0 Å². The minimum Gasteiger partial charge on any atom is -0.493 e. The highest BCUT2D eigenvalue weighted by Gasteiger charge is 2.11. The number of ether oxygens (including phenoxy) is 2. The number of hydrogen-bond acceptors (Lipinski definition) is 8. The molecule has 0 spiro atoms. The van der Waals surface area contributed by atoms with Crippen LogP contribution in [0.5, 0.6) is 11.5 Å².